The normalized spacial score (nSPS) is 20.2. The second-order valence-corrected chi connectivity index (χ2v) is 10.1. The molecule has 10 nitrogen and oxygen atoms in total. The molecule has 1 aromatic heterocycles. The van der Waals surface area contributed by atoms with Crippen LogP contribution in [0.3, 0.4) is 0 Å². The van der Waals surface area contributed by atoms with E-state index in [1.807, 2.05) is 24.1 Å². The number of rotatable bonds is 10. The Labute approximate surface area is 221 Å². The van der Waals surface area contributed by atoms with E-state index in [4.69, 9.17) is 0 Å². The minimum Gasteiger partial charge on any atom is -0.340 e. The van der Waals surface area contributed by atoms with Crippen LogP contribution in [0.15, 0.2) is 48.5 Å². The largest absolute Gasteiger partial charge is 0.340 e. The van der Waals surface area contributed by atoms with Gasteiger partial charge in [-0.25, -0.2) is 4.39 Å². The first-order valence-corrected chi connectivity index (χ1v) is 13.1. The van der Waals surface area contributed by atoms with Crippen LogP contribution in [0.5, 0.6) is 0 Å². The molecule has 5 rings (SSSR count). The SMILES string of the molecule is CN1CCN(C(=O)C(CCCN[C@@H]2C[C@H]2c2ccc(F)cc2)NC(=O)c2ccc(-c3nn[nH]n3)cc2)CC1. The summed E-state index contributed by atoms with van der Waals surface area (Å²) >= 11 is 0. The molecule has 1 aliphatic heterocycles. The number of amides is 2. The Hall–Kier alpha value is -3.70. The van der Waals surface area contributed by atoms with Gasteiger partial charge in [-0.2, -0.15) is 5.21 Å². The molecule has 0 bridgehead atoms. The molecule has 1 saturated carbocycles. The Kier molecular flexibility index (Phi) is 8.04. The first-order valence-electron chi connectivity index (χ1n) is 13.1. The van der Waals surface area contributed by atoms with Crippen LogP contribution >= 0.6 is 0 Å². The van der Waals surface area contributed by atoms with Crippen molar-refractivity contribution >= 4 is 11.8 Å². The highest BCUT2D eigenvalue weighted by atomic mass is 19.1. The van der Waals surface area contributed by atoms with Crippen molar-refractivity contribution in [3.8, 4) is 11.4 Å². The second kappa shape index (κ2) is 11.8. The summed E-state index contributed by atoms with van der Waals surface area (Å²) in [6.45, 7) is 3.68. The summed E-state index contributed by atoms with van der Waals surface area (Å²) in [5.41, 5.74) is 2.35. The molecule has 3 N–H and O–H groups in total. The Bertz CT molecular complexity index is 1210. The van der Waals surface area contributed by atoms with Gasteiger partial charge in [0.25, 0.3) is 5.91 Å². The standard InChI is InChI=1S/C27H33FN8O2/c1-35-13-15-36(16-14-35)27(38)23(3-2-12-29-24-17-22(24)18-8-10-21(28)11-9-18)30-26(37)20-6-4-19(5-7-20)25-31-33-34-32-25/h4-11,22-24,29H,2-3,12-17H2,1H3,(H,30,37)(H,31,32,33,34)/t22-,23?,24+/m0/s1. The first-order chi connectivity index (χ1) is 18.5. The summed E-state index contributed by atoms with van der Waals surface area (Å²) < 4.78 is 13.2. The van der Waals surface area contributed by atoms with E-state index in [9.17, 15) is 14.0 Å². The van der Waals surface area contributed by atoms with Gasteiger partial charge in [0, 0.05) is 49.3 Å². The van der Waals surface area contributed by atoms with Gasteiger partial charge in [0.1, 0.15) is 11.9 Å². The van der Waals surface area contributed by atoms with Gasteiger partial charge in [-0.1, -0.05) is 24.3 Å². The fourth-order valence-corrected chi connectivity index (χ4v) is 4.89. The molecule has 1 saturated heterocycles. The van der Waals surface area contributed by atoms with Crippen LogP contribution in [-0.2, 0) is 4.79 Å². The van der Waals surface area contributed by atoms with Gasteiger partial charge in [0.15, 0.2) is 0 Å². The van der Waals surface area contributed by atoms with Crippen LogP contribution in [0.25, 0.3) is 11.4 Å². The van der Waals surface area contributed by atoms with Crippen molar-refractivity contribution in [1.29, 1.82) is 0 Å². The molecule has 0 radical (unpaired) electrons. The number of halogens is 1. The highest BCUT2D eigenvalue weighted by molar-refractivity contribution is 5.97. The van der Waals surface area contributed by atoms with Gasteiger partial charge in [-0.05, 0) is 67.9 Å². The molecular weight excluding hydrogens is 487 g/mol. The quantitative estimate of drug-likeness (QED) is 0.349. The fraction of sp³-hybridized carbons (Fsp3) is 0.444. The molecule has 0 spiro atoms. The van der Waals surface area contributed by atoms with E-state index >= 15 is 0 Å². The van der Waals surface area contributed by atoms with Gasteiger partial charge in [-0.15, -0.1) is 10.2 Å². The number of H-pyrrole nitrogens is 1. The zero-order valence-corrected chi connectivity index (χ0v) is 21.4. The maximum Gasteiger partial charge on any atom is 0.251 e. The maximum atomic E-state index is 13.4. The number of likely N-dealkylation sites (N-methyl/N-ethyl adjacent to an activating group) is 1. The van der Waals surface area contributed by atoms with Gasteiger partial charge < -0.3 is 20.4 Å². The minimum atomic E-state index is -0.600. The summed E-state index contributed by atoms with van der Waals surface area (Å²) in [5, 5.41) is 20.4. The molecule has 1 unspecified atom stereocenters. The predicted octanol–water partition coefficient (Wildman–Crippen LogP) is 1.80. The van der Waals surface area contributed by atoms with Crippen LogP contribution in [0, 0.1) is 5.82 Å². The Morgan fingerprint density at radius 3 is 2.50 bits per heavy atom. The number of tetrazole rings is 1. The van der Waals surface area contributed by atoms with Crippen molar-refractivity contribution in [3.63, 3.8) is 0 Å². The van der Waals surface area contributed by atoms with Gasteiger partial charge in [-0.3, -0.25) is 9.59 Å². The Balaban J connectivity index is 1.16. The van der Waals surface area contributed by atoms with Crippen LogP contribution in [0.4, 0.5) is 4.39 Å². The second-order valence-electron chi connectivity index (χ2n) is 10.1. The number of nitrogens with zero attached hydrogens (tertiary/aromatic N) is 5. The average molecular weight is 521 g/mol. The average Bonchev–Trinajstić information content (AvgIpc) is 3.49. The van der Waals surface area contributed by atoms with Crippen LogP contribution < -0.4 is 10.6 Å². The van der Waals surface area contributed by atoms with Gasteiger partial charge in [0.05, 0.1) is 0 Å². The third kappa shape index (κ3) is 6.40. The molecule has 2 aliphatic rings. The summed E-state index contributed by atoms with van der Waals surface area (Å²) in [5.74, 6) is 0.299. The van der Waals surface area contributed by atoms with Crippen LogP contribution in [0.1, 0.15) is 41.1 Å². The van der Waals surface area contributed by atoms with Crippen molar-refractivity contribution in [2.75, 3.05) is 39.8 Å². The third-order valence-electron chi connectivity index (χ3n) is 7.33. The van der Waals surface area contributed by atoms with E-state index in [0.29, 0.717) is 42.9 Å². The van der Waals surface area contributed by atoms with E-state index in [-0.39, 0.29) is 17.6 Å². The summed E-state index contributed by atoms with van der Waals surface area (Å²) in [6, 6.07) is 13.4. The molecule has 3 atom stereocenters. The monoisotopic (exact) mass is 520 g/mol. The fourth-order valence-electron chi connectivity index (χ4n) is 4.89. The molecule has 11 heteroatoms. The number of hydrogen-bond acceptors (Lipinski definition) is 7. The highest BCUT2D eigenvalue weighted by Crippen LogP contribution is 2.40. The number of hydrogen-bond donors (Lipinski definition) is 3. The third-order valence-corrected chi connectivity index (χ3v) is 7.33. The van der Waals surface area contributed by atoms with E-state index in [1.54, 1.807) is 24.3 Å². The lowest BCUT2D eigenvalue weighted by Crippen LogP contribution is -2.54. The Morgan fingerprint density at radius 1 is 1.08 bits per heavy atom. The van der Waals surface area contributed by atoms with Crippen molar-refractivity contribution in [2.45, 2.75) is 37.3 Å². The Morgan fingerprint density at radius 2 is 1.82 bits per heavy atom. The molecule has 2 amide bonds. The highest BCUT2D eigenvalue weighted by Gasteiger charge is 2.37. The van der Waals surface area contributed by atoms with Crippen molar-refractivity contribution in [2.24, 2.45) is 0 Å². The topological polar surface area (TPSA) is 119 Å². The number of piperazine rings is 1. The lowest BCUT2D eigenvalue weighted by Gasteiger charge is -2.34. The minimum absolute atomic E-state index is 0.0366. The van der Waals surface area contributed by atoms with E-state index in [1.165, 1.54) is 12.1 Å². The number of carbonyl (C=O) groups is 2. The van der Waals surface area contributed by atoms with Crippen LogP contribution in [-0.4, -0.2) is 94.1 Å². The van der Waals surface area contributed by atoms with Gasteiger partial charge >= 0.3 is 0 Å². The molecule has 2 fully saturated rings. The molecule has 2 heterocycles. The summed E-state index contributed by atoms with van der Waals surface area (Å²) in [7, 11) is 2.04. The van der Waals surface area contributed by atoms with Crippen molar-refractivity contribution in [3.05, 3.63) is 65.5 Å². The molecule has 3 aromatic rings. The maximum absolute atomic E-state index is 13.4. The van der Waals surface area contributed by atoms with Crippen molar-refractivity contribution < 1.29 is 14.0 Å². The van der Waals surface area contributed by atoms with Crippen molar-refractivity contribution in [1.82, 2.24) is 41.1 Å². The van der Waals surface area contributed by atoms with E-state index in [0.717, 1.165) is 43.6 Å². The zero-order chi connectivity index (χ0) is 26.5. The van der Waals surface area contributed by atoms with E-state index in [2.05, 4.69) is 36.2 Å². The molecule has 2 aromatic carbocycles. The number of carbonyl (C=O) groups excluding carboxylic acids is 2. The number of nitrogens with one attached hydrogen (secondary N) is 3. The lowest BCUT2D eigenvalue weighted by atomic mass is 10.1. The smallest absolute Gasteiger partial charge is 0.251 e. The van der Waals surface area contributed by atoms with Crippen LogP contribution in [0.2, 0.25) is 0 Å². The molecule has 200 valence electrons. The number of aromatic amines is 1. The van der Waals surface area contributed by atoms with E-state index < -0.39 is 6.04 Å². The summed E-state index contributed by atoms with van der Waals surface area (Å²) in [6.07, 6.45) is 2.30. The first kappa shape index (κ1) is 25.9. The number of benzene rings is 2. The zero-order valence-electron chi connectivity index (χ0n) is 21.4. The van der Waals surface area contributed by atoms with Gasteiger partial charge in [0.2, 0.25) is 11.7 Å². The number of aromatic nitrogens is 4. The molecule has 1 aliphatic carbocycles. The molecular formula is C27H33FN8O2. The lowest BCUT2D eigenvalue weighted by molar-refractivity contribution is -0.135. The predicted molar refractivity (Wildman–Crippen MR) is 140 cm³/mol. The summed E-state index contributed by atoms with van der Waals surface area (Å²) in [4.78, 5) is 30.5. The molecule has 38 heavy (non-hydrogen) atoms.